The summed E-state index contributed by atoms with van der Waals surface area (Å²) in [4.78, 5) is 16.8. The number of rotatable bonds is 6. The molecule has 7 heteroatoms. The smallest absolute Gasteiger partial charge is 0.243 e. The summed E-state index contributed by atoms with van der Waals surface area (Å²) >= 11 is 0. The molecule has 1 fully saturated rings. The Balaban J connectivity index is 1.56. The third kappa shape index (κ3) is 5.09. The highest BCUT2D eigenvalue weighted by Gasteiger charge is 2.30. The van der Waals surface area contributed by atoms with Crippen molar-refractivity contribution >= 4 is 15.9 Å². The molecule has 0 saturated carbocycles. The van der Waals surface area contributed by atoms with E-state index in [0.717, 1.165) is 11.1 Å². The summed E-state index contributed by atoms with van der Waals surface area (Å²) in [5.74, 6) is 0.0364. The molecule has 3 rings (SSSR count). The van der Waals surface area contributed by atoms with Crippen LogP contribution in [0.15, 0.2) is 47.4 Å². The summed E-state index contributed by atoms with van der Waals surface area (Å²) in [6.07, 6.45) is 0. The van der Waals surface area contributed by atoms with Gasteiger partial charge in [0.05, 0.1) is 11.4 Å². The number of aryl methyl sites for hydroxylation is 3. The summed E-state index contributed by atoms with van der Waals surface area (Å²) < 4.78 is 27.4. The van der Waals surface area contributed by atoms with Crippen LogP contribution in [0.4, 0.5) is 0 Å². The Morgan fingerprint density at radius 3 is 2.23 bits per heavy atom. The Morgan fingerprint density at radius 2 is 1.60 bits per heavy atom. The van der Waals surface area contributed by atoms with E-state index in [2.05, 4.69) is 19.1 Å². The maximum atomic E-state index is 13.0. The van der Waals surface area contributed by atoms with Crippen molar-refractivity contribution in [3.8, 4) is 0 Å². The predicted octanol–water partition coefficient (Wildman–Crippen LogP) is 2.58. The Bertz CT molecular complexity index is 1010. The third-order valence-electron chi connectivity index (χ3n) is 5.81. The first-order valence-corrected chi connectivity index (χ1v) is 11.7. The minimum Gasteiger partial charge on any atom is -0.339 e. The average molecular weight is 430 g/mol. The Morgan fingerprint density at radius 1 is 0.933 bits per heavy atom. The van der Waals surface area contributed by atoms with Crippen LogP contribution in [0.3, 0.4) is 0 Å². The second-order valence-electron chi connectivity index (χ2n) is 8.13. The first-order chi connectivity index (χ1) is 14.2. The zero-order valence-electron chi connectivity index (χ0n) is 18.3. The second-order valence-corrected chi connectivity index (χ2v) is 10.1. The molecule has 0 spiro atoms. The normalized spacial score (nSPS) is 15.6. The predicted molar refractivity (Wildman–Crippen MR) is 119 cm³/mol. The molecule has 1 saturated heterocycles. The first kappa shape index (κ1) is 22.5. The van der Waals surface area contributed by atoms with E-state index in [-0.39, 0.29) is 5.91 Å². The van der Waals surface area contributed by atoms with Crippen LogP contribution in [0.5, 0.6) is 0 Å². The summed E-state index contributed by atoms with van der Waals surface area (Å²) in [5, 5.41) is 0. The fourth-order valence-electron chi connectivity index (χ4n) is 3.67. The van der Waals surface area contributed by atoms with Crippen molar-refractivity contribution in [3.63, 3.8) is 0 Å². The van der Waals surface area contributed by atoms with E-state index < -0.39 is 10.0 Å². The molecule has 2 aromatic carbocycles. The zero-order valence-corrected chi connectivity index (χ0v) is 19.1. The van der Waals surface area contributed by atoms with Crippen LogP contribution >= 0.6 is 0 Å². The van der Waals surface area contributed by atoms with Crippen molar-refractivity contribution in [2.45, 2.75) is 32.2 Å². The zero-order chi connectivity index (χ0) is 21.9. The lowest BCUT2D eigenvalue weighted by Crippen LogP contribution is -2.52. The highest BCUT2D eigenvalue weighted by molar-refractivity contribution is 7.89. The fourth-order valence-corrected chi connectivity index (χ4v) is 5.17. The minimum atomic E-state index is -3.53. The van der Waals surface area contributed by atoms with Gasteiger partial charge in [-0.25, -0.2) is 8.42 Å². The van der Waals surface area contributed by atoms with Gasteiger partial charge in [-0.3, -0.25) is 9.69 Å². The van der Waals surface area contributed by atoms with Crippen LogP contribution in [0.25, 0.3) is 0 Å². The van der Waals surface area contributed by atoms with E-state index in [1.807, 2.05) is 44.0 Å². The van der Waals surface area contributed by atoms with E-state index in [9.17, 15) is 13.2 Å². The van der Waals surface area contributed by atoms with Crippen molar-refractivity contribution in [1.82, 2.24) is 14.1 Å². The quantitative estimate of drug-likeness (QED) is 0.708. The van der Waals surface area contributed by atoms with Gasteiger partial charge in [-0.2, -0.15) is 4.31 Å². The molecule has 0 atom stereocenters. The average Bonchev–Trinajstić information content (AvgIpc) is 2.71. The molecule has 0 N–H and O–H groups in total. The first-order valence-electron chi connectivity index (χ1n) is 10.3. The van der Waals surface area contributed by atoms with Crippen LogP contribution in [0.1, 0.15) is 22.3 Å². The van der Waals surface area contributed by atoms with E-state index in [1.165, 1.54) is 15.4 Å². The van der Waals surface area contributed by atoms with Crippen molar-refractivity contribution in [1.29, 1.82) is 0 Å². The molecule has 162 valence electrons. The Labute approximate surface area is 180 Å². The van der Waals surface area contributed by atoms with Gasteiger partial charge in [-0.15, -0.1) is 0 Å². The van der Waals surface area contributed by atoms with Crippen LogP contribution in [-0.4, -0.2) is 68.2 Å². The lowest BCUT2D eigenvalue weighted by atomic mass is 10.1. The van der Waals surface area contributed by atoms with E-state index in [0.29, 0.717) is 44.2 Å². The minimum absolute atomic E-state index is 0.0364. The van der Waals surface area contributed by atoms with Gasteiger partial charge in [-0.05, 0) is 62.2 Å². The molecule has 1 aliphatic heterocycles. The molecule has 0 radical (unpaired) electrons. The number of carbonyl (C=O) groups excluding carboxylic acids is 1. The van der Waals surface area contributed by atoms with Gasteiger partial charge in [0.2, 0.25) is 15.9 Å². The third-order valence-corrected chi connectivity index (χ3v) is 7.71. The van der Waals surface area contributed by atoms with Gasteiger partial charge in [0.25, 0.3) is 0 Å². The number of benzene rings is 2. The largest absolute Gasteiger partial charge is 0.339 e. The molecule has 2 aromatic rings. The molecule has 1 heterocycles. The van der Waals surface area contributed by atoms with Crippen LogP contribution in [0, 0.1) is 20.8 Å². The summed E-state index contributed by atoms with van der Waals surface area (Å²) in [7, 11) is -1.60. The van der Waals surface area contributed by atoms with E-state index >= 15 is 0 Å². The number of hydrogen-bond acceptors (Lipinski definition) is 4. The van der Waals surface area contributed by atoms with E-state index in [1.54, 1.807) is 17.0 Å². The van der Waals surface area contributed by atoms with Crippen LogP contribution < -0.4 is 0 Å². The molecule has 0 aromatic heterocycles. The van der Waals surface area contributed by atoms with Gasteiger partial charge in [0.1, 0.15) is 0 Å². The SMILES string of the molecule is Cc1ccc(S(=O)(=O)N2CCN(C(=O)CN(C)Cc3ccccc3C)CC2)cc1C. The number of amides is 1. The van der Waals surface area contributed by atoms with Gasteiger partial charge < -0.3 is 4.90 Å². The van der Waals surface area contributed by atoms with Gasteiger partial charge in [0.15, 0.2) is 0 Å². The second kappa shape index (κ2) is 9.29. The van der Waals surface area contributed by atoms with Crippen LogP contribution in [-0.2, 0) is 21.4 Å². The van der Waals surface area contributed by atoms with Gasteiger partial charge >= 0.3 is 0 Å². The van der Waals surface area contributed by atoms with Crippen molar-refractivity contribution in [3.05, 3.63) is 64.7 Å². The number of sulfonamides is 1. The number of piperazine rings is 1. The molecule has 0 unspecified atom stereocenters. The van der Waals surface area contributed by atoms with Gasteiger partial charge in [-0.1, -0.05) is 30.3 Å². The number of likely N-dealkylation sites (N-methyl/N-ethyl adjacent to an activating group) is 1. The number of nitrogens with zero attached hydrogens (tertiary/aromatic N) is 3. The molecule has 1 amide bonds. The lowest BCUT2D eigenvalue weighted by Gasteiger charge is -2.35. The molecular weight excluding hydrogens is 398 g/mol. The number of carbonyl (C=O) groups is 1. The van der Waals surface area contributed by atoms with E-state index in [4.69, 9.17) is 0 Å². The molecule has 0 aliphatic carbocycles. The summed E-state index contributed by atoms with van der Waals surface area (Å²) in [6.45, 7) is 8.45. The highest BCUT2D eigenvalue weighted by Crippen LogP contribution is 2.20. The number of hydrogen-bond donors (Lipinski definition) is 0. The molecule has 6 nitrogen and oxygen atoms in total. The Hall–Kier alpha value is -2.22. The standard InChI is InChI=1S/C23H31N3O3S/c1-18-9-10-22(15-20(18)3)30(28,29)26-13-11-25(12-14-26)23(27)17-24(4)16-21-8-6-5-7-19(21)2/h5-10,15H,11-14,16-17H2,1-4H3. The van der Waals surface area contributed by atoms with Gasteiger partial charge in [0, 0.05) is 32.7 Å². The highest BCUT2D eigenvalue weighted by atomic mass is 32.2. The topological polar surface area (TPSA) is 60.9 Å². The lowest BCUT2D eigenvalue weighted by molar-refractivity contribution is -0.133. The Kier molecular flexibility index (Phi) is 6.95. The maximum Gasteiger partial charge on any atom is 0.243 e. The fraction of sp³-hybridized carbons (Fsp3) is 0.435. The molecule has 30 heavy (non-hydrogen) atoms. The molecule has 0 bridgehead atoms. The molecule has 1 aliphatic rings. The summed E-state index contributed by atoms with van der Waals surface area (Å²) in [6, 6.07) is 13.4. The van der Waals surface area contributed by atoms with Crippen molar-refractivity contribution in [2.75, 3.05) is 39.8 Å². The van der Waals surface area contributed by atoms with Crippen LogP contribution in [0.2, 0.25) is 0 Å². The van der Waals surface area contributed by atoms with Crippen molar-refractivity contribution < 1.29 is 13.2 Å². The summed E-state index contributed by atoms with van der Waals surface area (Å²) in [5.41, 5.74) is 4.44. The van der Waals surface area contributed by atoms with Crippen molar-refractivity contribution in [2.24, 2.45) is 0 Å². The molecular formula is C23H31N3O3S. The monoisotopic (exact) mass is 429 g/mol. The maximum absolute atomic E-state index is 13.0.